The van der Waals surface area contributed by atoms with Gasteiger partial charge in [-0.3, -0.25) is 4.79 Å². The van der Waals surface area contributed by atoms with Crippen LogP contribution in [0.1, 0.15) is 17.5 Å². The molecule has 0 radical (unpaired) electrons. The Balaban J connectivity index is 1.49. The second-order valence-corrected chi connectivity index (χ2v) is 9.14. The number of thiocarbonyl (C=S) groups is 1. The van der Waals surface area contributed by atoms with Gasteiger partial charge < -0.3 is 29.6 Å². The van der Waals surface area contributed by atoms with Gasteiger partial charge in [-0.05, 0) is 63.4 Å². The lowest BCUT2D eigenvalue weighted by Crippen LogP contribution is -2.42. The topological polar surface area (TPSA) is 69.8 Å². The van der Waals surface area contributed by atoms with E-state index in [0.29, 0.717) is 41.9 Å². The van der Waals surface area contributed by atoms with Crippen molar-refractivity contribution in [2.75, 3.05) is 46.9 Å². The van der Waals surface area contributed by atoms with E-state index in [1.54, 1.807) is 0 Å². The van der Waals surface area contributed by atoms with Gasteiger partial charge in [0.2, 0.25) is 0 Å². The van der Waals surface area contributed by atoms with Crippen LogP contribution in [0.3, 0.4) is 0 Å². The highest BCUT2D eigenvalue weighted by Gasteiger charge is 2.16. The zero-order chi connectivity index (χ0) is 23.9. The van der Waals surface area contributed by atoms with Crippen molar-refractivity contribution in [1.29, 1.82) is 0 Å². The average molecular weight is 481 g/mol. The van der Waals surface area contributed by atoms with Gasteiger partial charge in [0, 0.05) is 30.1 Å². The quantitative estimate of drug-likeness (QED) is 0.456. The molecule has 0 spiro atoms. The molecule has 1 aliphatic heterocycles. The van der Waals surface area contributed by atoms with Gasteiger partial charge in [-0.25, -0.2) is 0 Å². The zero-order valence-corrected chi connectivity index (χ0v) is 20.6. The molecule has 7 nitrogen and oxygen atoms in total. The largest absolute Gasteiger partial charge is 0.486 e. The van der Waals surface area contributed by atoms with Gasteiger partial charge in [0.15, 0.2) is 16.6 Å². The Labute approximate surface area is 205 Å². The zero-order valence-electron chi connectivity index (χ0n) is 19.8. The molecule has 1 aliphatic rings. The summed E-state index contributed by atoms with van der Waals surface area (Å²) in [6, 6.07) is 16.0. The molecule has 0 fully saturated rings. The molecule has 2 aromatic carbocycles. The molecule has 0 amide bonds. The van der Waals surface area contributed by atoms with Gasteiger partial charge in [0.05, 0.1) is 12.1 Å². The molecule has 1 aromatic heterocycles. The Hall–Kier alpha value is -3.10. The molecule has 0 saturated heterocycles. The SMILES string of the molecule is CN(C)CCCN(Cc1cc2cc3c(cc2[nH]c1=O)OCCO3)C(=S)NCCc1ccccc1. The minimum Gasteiger partial charge on any atom is -0.486 e. The second kappa shape index (κ2) is 11.4. The molecular formula is C26H32N4O3S. The van der Waals surface area contributed by atoms with E-state index in [1.165, 1.54) is 5.56 Å². The summed E-state index contributed by atoms with van der Waals surface area (Å²) in [6.07, 6.45) is 1.83. The fourth-order valence-corrected chi connectivity index (χ4v) is 4.27. The molecule has 0 bridgehead atoms. The van der Waals surface area contributed by atoms with Gasteiger partial charge in [0.1, 0.15) is 13.2 Å². The normalized spacial score (nSPS) is 12.7. The van der Waals surface area contributed by atoms with Crippen molar-refractivity contribution in [2.24, 2.45) is 0 Å². The maximum absolute atomic E-state index is 12.9. The molecule has 0 saturated carbocycles. The number of aromatic nitrogens is 1. The van der Waals surface area contributed by atoms with E-state index >= 15 is 0 Å². The second-order valence-electron chi connectivity index (χ2n) is 8.75. The summed E-state index contributed by atoms with van der Waals surface area (Å²) in [6.45, 7) is 3.91. The number of rotatable bonds is 9. The van der Waals surface area contributed by atoms with Crippen molar-refractivity contribution in [3.63, 3.8) is 0 Å². The Morgan fingerprint density at radius 2 is 1.79 bits per heavy atom. The van der Waals surface area contributed by atoms with Crippen molar-refractivity contribution >= 4 is 28.2 Å². The highest BCUT2D eigenvalue weighted by molar-refractivity contribution is 7.80. The van der Waals surface area contributed by atoms with Crippen molar-refractivity contribution < 1.29 is 9.47 Å². The van der Waals surface area contributed by atoms with Crippen LogP contribution in [0.15, 0.2) is 53.3 Å². The number of H-pyrrole nitrogens is 1. The third-order valence-corrected chi connectivity index (χ3v) is 6.20. The van der Waals surface area contributed by atoms with Crippen LogP contribution in [0, 0.1) is 0 Å². The molecule has 0 unspecified atom stereocenters. The summed E-state index contributed by atoms with van der Waals surface area (Å²) in [4.78, 5) is 20.1. The van der Waals surface area contributed by atoms with E-state index in [2.05, 4.69) is 46.3 Å². The number of nitrogens with zero attached hydrogens (tertiary/aromatic N) is 2. The van der Waals surface area contributed by atoms with Crippen molar-refractivity contribution in [2.45, 2.75) is 19.4 Å². The number of pyridine rings is 1. The molecule has 2 heterocycles. The number of fused-ring (bicyclic) bond motifs is 2. The van der Waals surface area contributed by atoms with Crippen molar-refractivity contribution in [1.82, 2.24) is 20.1 Å². The number of benzene rings is 2. The Morgan fingerprint density at radius 1 is 1.06 bits per heavy atom. The molecule has 180 valence electrons. The number of ether oxygens (including phenoxy) is 2. The molecule has 8 heteroatoms. The highest BCUT2D eigenvalue weighted by atomic mass is 32.1. The van der Waals surface area contributed by atoms with Crippen molar-refractivity contribution in [3.8, 4) is 11.5 Å². The van der Waals surface area contributed by atoms with Gasteiger partial charge in [-0.15, -0.1) is 0 Å². The summed E-state index contributed by atoms with van der Waals surface area (Å²) in [7, 11) is 4.11. The average Bonchev–Trinajstić information content (AvgIpc) is 2.83. The van der Waals surface area contributed by atoms with Crippen LogP contribution < -0.4 is 20.3 Å². The molecule has 0 atom stereocenters. The molecule has 4 rings (SSSR count). The van der Waals surface area contributed by atoms with Gasteiger partial charge >= 0.3 is 0 Å². The minimum absolute atomic E-state index is 0.117. The Kier molecular flexibility index (Phi) is 8.03. The van der Waals surface area contributed by atoms with E-state index in [4.69, 9.17) is 21.7 Å². The van der Waals surface area contributed by atoms with Crippen LogP contribution in [-0.2, 0) is 13.0 Å². The number of hydrogen-bond donors (Lipinski definition) is 2. The first-order valence-corrected chi connectivity index (χ1v) is 12.1. The molecule has 0 aliphatic carbocycles. The standard InChI is InChI=1S/C26H32N4O3S/c1-29(2)11-6-12-30(26(34)27-10-9-19-7-4-3-5-8-19)18-21-15-20-16-23-24(33-14-13-32-23)17-22(20)28-25(21)31/h3-5,7-8,15-17H,6,9-14,18H2,1-2H3,(H,27,34)(H,28,31). The molecule has 34 heavy (non-hydrogen) atoms. The van der Waals surface area contributed by atoms with Gasteiger partial charge in [0.25, 0.3) is 5.56 Å². The maximum Gasteiger partial charge on any atom is 0.253 e. The predicted octanol–water partition coefficient (Wildman–Crippen LogP) is 3.17. The van der Waals surface area contributed by atoms with Crippen LogP contribution in [0.4, 0.5) is 0 Å². The lowest BCUT2D eigenvalue weighted by Gasteiger charge is -2.26. The third kappa shape index (κ3) is 6.27. The summed E-state index contributed by atoms with van der Waals surface area (Å²) in [5.41, 5.74) is 2.55. The number of hydrogen-bond acceptors (Lipinski definition) is 5. The van der Waals surface area contributed by atoms with E-state index in [0.717, 1.165) is 43.4 Å². The lowest BCUT2D eigenvalue weighted by molar-refractivity contribution is 0.172. The smallest absolute Gasteiger partial charge is 0.253 e. The fraction of sp³-hybridized carbons (Fsp3) is 0.385. The van der Waals surface area contributed by atoms with Crippen LogP contribution in [-0.4, -0.2) is 66.8 Å². The first-order chi connectivity index (χ1) is 16.5. The van der Waals surface area contributed by atoms with Gasteiger partial charge in [-0.1, -0.05) is 30.3 Å². The summed E-state index contributed by atoms with van der Waals surface area (Å²) < 4.78 is 11.4. The van der Waals surface area contributed by atoms with E-state index < -0.39 is 0 Å². The van der Waals surface area contributed by atoms with E-state index in [-0.39, 0.29) is 5.56 Å². The van der Waals surface area contributed by atoms with Crippen LogP contribution in [0.2, 0.25) is 0 Å². The molecule has 3 aromatic rings. The number of nitrogens with one attached hydrogen (secondary N) is 2. The van der Waals surface area contributed by atoms with E-state index in [9.17, 15) is 4.79 Å². The van der Waals surface area contributed by atoms with E-state index in [1.807, 2.05) is 36.4 Å². The van der Waals surface area contributed by atoms with Crippen LogP contribution in [0.5, 0.6) is 11.5 Å². The number of aromatic amines is 1. The Morgan fingerprint density at radius 3 is 2.53 bits per heavy atom. The highest BCUT2D eigenvalue weighted by Crippen LogP contribution is 2.33. The van der Waals surface area contributed by atoms with Crippen LogP contribution >= 0.6 is 12.2 Å². The van der Waals surface area contributed by atoms with Gasteiger partial charge in [-0.2, -0.15) is 0 Å². The monoisotopic (exact) mass is 480 g/mol. The Bertz CT molecular complexity index is 1180. The fourth-order valence-electron chi connectivity index (χ4n) is 4.01. The third-order valence-electron chi connectivity index (χ3n) is 5.80. The van der Waals surface area contributed by atoms with Crippen LogP contribution in [0.25, 0.3) is 10.9 Å². The first kappa shape index (κ1) is 24.0. The molecule has 2 N–H and O–H groups in total. The summed E-state index contributed by atoms with van der Waals surface area (Å²) >= 11 is 5.74. The summed E-state index contributed by atoms with van der Waals surface area (Å²) in [5.74, 6) is 1.37. The lowest BCUT2D eigenvalue weighted by atomic mass is 10.1. The van der Waals surface area contributed by atoms with Crippen molar-refractivity contribution in [3.05, 3.63) is 70.0 Å². The first-order valence-electron chi connectivity index (χ1n) is 11.7. The molecular weight excluding hydrogens is 448 g/mol. The minimum atomic E-state index is -0.117. The summed E-state index contributed by atoms with van der Waals surface area (Å²) in [5, 5.41) is 4.96. The predicted molar refractivity (Wildman–Crippen MR) is 140 cm³/mol. The maximum atomic E-state index is 12.9.